The number of rotatable bonds is 5. The normalized spacial score (nSPS) is 14.1. The van der Waals surface area contributed by atoms with Crippen molar-refractivity contribution in [3.8, 4) is 11.5 Å². The molecule has 0 unspecified atom stereocenters. The summed E-state index contributed by atoms with van der Waals surface area (Å²) >= 11 is 5.58. The Morgan fingerprint density at radius 2 is 1.58 bits per heavy atom. The van der Waals surface area contributed by atoms with Gasteiger partial charge in [0.05, 0.1) is 13.7 Å². The summed E-state index contributed by atoms with van der Waals surface area (Å²) in [5, 5.41) is 4.08. The monoisotopic (exact) mass is 371 g/mol. The van der Waals surface area contributed by atoms with E-state index in [1.165, 1.54) is 5.69 Å². The minimum Gasteiger partial charge on any atom is -0.497 e. The molecule has 2 aromatic carbocycles. The summed E-state index contributed by atoms with van der Waals surface area (Å²) < 4.78 is 10.7. The molecular weight excluding hydrogens is 346 g/mol. The highest BCUT2D eigenvalue weighted by atomic mass is 32.1. The maximum atomic E-state index is 5.58. The van der Waals surface area contributed by atoms with Gasteiger partial charge in [-0.05, 0) is 67.7 Å². The van der Waals surface area contributed by atoms with Crippen LogP contribution in [-0.2, 0) is 0 Å². The number of hydrogen-bond acceptors (Lipinski definition) is 4. The Bertz CT molecular complexity index is 711. The largest absolute Gasteiger partial charge is 0.497 e. The molecular formula is C20H25N3O2S. The summed E-state index contributed by atoms with van der Waals surface area (Å²) in [6.07, 6.45) is 0. The molecule has 1 saturated heterocycles. The second kappa shape index (κ2) is 8.76. The van der Waals surface area contributed by atoms with Crippen molar-refractivity contribution in [1.82, 2.24) is 4.90 Å². The molecule has 0 radical (unpaired) electrons. The van der Waals surface area contributed by atoms with Crippen LogP contribution in [0.1, 0.15) is 6.92 Å². The van der Waals surface area contributed by atoms with Crippen molar-refractivity contribution in [3.05, 3.63) is 48.5 Å². The van der Waals surface area contributed by atoms with Crippen molar-refractivity contribution < 1.29 is 9.47 Å². The minimum absolute atomic E-state index is 0.670. The van der Waals surface area contributed by atoms with Crippen LogP contribution in [-0.4, -0.2) is 49.9 Å². The summed E-state index contributed by atoms with van der Waals surface area (Å²) in [6, 6.07) is 16.1. The van der Waals surface area contributed by atoms with E-state index >= 15 is 0 Å². The molecule has 6 heteroatoms. The van der Waals surface area contributed by atoms with Crippen molar-refractivity contribution >= 4 is 28.7 Å². The molecule has 0 atom stereocenters. The van der Waals surface area contributed by atoms with Crippen LogP contribution in [0.5, 0.6) is 11.5 Å². The summed E-state index contributed by atoms with van der Waals surface area (Å²) in [5.74, 6) is 1.75. The minimum atomic E-state index is 0.670. The van der Waals surface area contributed by atoms with Crippen molar-refractivity contribution in [3.63, 3.8) is 0 Å². The number of nitrogens with zero attached hydrogens (tertiary/aromatic N) is 2. The lowest BCUT2D eigenvalue weighted by atomic mass is 10.2. The quantitative estimate of drug-likeness (QED) is 0.809. The number of hydrogen-bond donors (Lipinski definition) is 1. The molecule has 3 rings (SSSR count). The molecule has 1 heterocycles. The third kappa shape index (κ3) is 4.58. The fourth-order valence-corrected chi connectivity index (χ4v) is 3.26. The Morgan fingerprint density at radius 1 is 0.962 bits per heavy atom. The molecule has 0 aliphatic carbocycles. The predicted octanol–water partition coefficient (Wildman–Crippen LogP) is 3.61. The van der Waals surface area contributed by atoms with Crippen LogP contribution in [0.3, 0.4) is 0 Å². The Morgan fingerprint density at radius 3 is 2.15 bits per heavy atom. The van der Waals surface area contributed by atoms with Crippen LogP contribution in [0.2, 0.25) is 0 Å². The zero-order chi connectivity index (χ0) is 18.4. The summed E-state index contributed by atoms with van der Waals surface area (Å²) in [6.45, 7) is 6.33. The van der Waals surface area contributed by atoms with E-state index in [-0.39, 0.29) is 0 Å². The van der Waals surface area contributed by atoms with E-state index in [1.807, 2.05) is 43.3 Å². The van der Waals surface area contributed by atoms with Gasteiger partial charge in [0, 0.05) is 37.6 Å². The Kier molecular flexibility index (Phi) is 6.17. The number of benzene rings is 2. The van der Waals surface area contributed by atoms with E-state index in [0.717, 1.165) is 48.5 Å². The van der Waals surface area contributed by atoms with Crippen LogP contribution >= 0.6 is 12.2 Å². The van der Waals surface area contributed by atoms with Gasteiger partial charge in [0.15, 0.2) is 5.11 Å². The van der Waals surface area contributed by atoms with E-state index in [9.17, 15) is 0 Å². The Balaban J connectivity index is 1.51. The lowest BCUT2D eigenvalue weighted by Crippen LogP contribution is -2.50. The van der Waals surface area contributed by atoms with Gasteiger partial charge in [-0.15, -0.1) is 0 Å². The van der Waals surface area contributed by atoms with Crippen molar-refractivity contribution in [2.75, 3.05) is 50.1 Å². The fraction of sp³-hybridized carbons (Fsp3) is 0.350. The molecule has 1 aliphatic rings. The first kappa shape index (κ1) is 18.3. The highest BCUT2D eigenvalue weighted by molar-refractivity contribution is 7.80. The first-order valence-corrected chi connectivity index (χ1v) is 9.28. The topological polar surface area (TPSA) is 37.0 Å². The SMILES string of the molecule is CCOc1ccc(NC(=S)N2CCN(c3ccc(OC)cc3)CC2)cc1. The van der Waals surface area contributed by atoms with Crippen LogP contribution in [0.15, 0.2) is 48.5 Å². The molecule has 0 aromatic heterocycles. The van der Waals surface area contributed by atoms with Gasteiger partial charge in [-0.3, -0.25) is 0 Å². The molecule has 26 heavy (non-hydrogen) atoms. The molecule has 138 valence electrons. The number of ether oxygens (including phenoxy) is 2. The predicted molar refractivity (Wildman–Crippen MR) is 111 cm³/mol. The second-order valence-corrected chi connectivity index (χ2v) is 6.45. The highest BCUT2D eigenvalue weighted by Gasteiger charge is 2.19. The van der Waals surface area contributed by atoms with Gasteiger partial charge >= 0.3 is 0 Å². The van der Waals surface area contributed by atoms with Crippen LogP contribution in [0.25, 0.3) is 0 Å². The van der Waals surface area contributed by atoms with Crippen molar-refractivity contribution in [2.24, 2.45) is 0 Å². The van der Waals surface area contributed by atoms with Gasteiger partial charge < -0.3 is 24.6 Å². The first-order chi connectivity index (χ1) is 12.7. The van der Waals surface area contributed by atoms with Gasteiger partial charge in [0.25, 0.3) is 0 Å². The number of piperazine rings is 1. The van der Waals surface area contributed by atoms with E-state index < -0.39 is 0 Å². The van der Waals surface area contributed by atoms with Crippen LogP contribution < -0.4 is 19.7 Å². The number of nitrogens with one attached hydrogen (secondary N) is 1. The van der Waals surface area contributed by atoms with E-state index in [0.29, 0.717) is 6.61 Å². The molecule has 1 fully saturated rings. The number of thiocarbonyl (C=S) groups is 1. The third-order valence-electron chi connectivity index (χ3n) is 4.42. The number of methoxy groups -OCH3 is 1. The Labute approximate surface area is 160 Å². The van der Waals surface area contributed by atoms with Gasteiger partial charge in [-0.1, -0.05) is 0 Å². The van der Waals surface area contributed by atoms with E-state index in [2.05, 4.69) is 27.2 Å². The van der Waals surface area contributed by atoms with Crippen molar-refractivity contribution in [1.29, 1.82) is 0 Å². The summed E-state index contributed by atoms with van der Waals surface area (Å²) in [7, 11) is 1.69. The second-order valence-electron chi connectivity index (χ2n) is 6.06. The lowest BCUT2D eigenvalue weighted by Gasteiger charge is -2.37. The van der Waals surface area contributed by atoms with Crippen LogP contribution in [0.4, 0.5) is 11.4 Å². The summed E-state index contributed by atoms with van der Waals surface area (Å²) in [5.41, 5.74) is 2.20. The molecule has 0 spiro atoms. The van der Waals surface area contributed by atoms with Gasteiger partial charge in [0.2, 0.25) is 0 Å². The van der Waals surface area contributed by atoms with E-state index in [4.69, 9.17) is 21.7 Å². The molecule has 0 saturated carbocycles. The molecule has 1 N–H and O–H groups in total. The van der Waals surface area contributed by atoms with Crippen LogP contribution in [0, 0.1) is 0 Å². The zero-order valence-electron chi connectivity index (χ0n) is 15.3. The lowest BCUT2D eigenvalue weighted by molar-refractivity contribution is 0.340. The molecule has 0 amide bonds. The first-order valence-electron chi connectivity index (χ1n) is 8.87. The molecule has 1 aliphatic heterocycles. The maximum Gasteiger partial charge on any atom is 0.173 e. The van der Waals surface area contributed by atoms with E-state index in [1.54, 1.807) is 7.11 Å². The molecule has 2 aromatic rings. The smallest absolute Gasteiger partial charge is 0.173 e. The standard InChI is InChI=1S/C20H25N3O2S/c1-3-25-19-8-4-16(5-9-19)21-20(26)23-14-12-22(13-15-23)17-6-10-18(24-2)11-7-17/h4-11H,3,12-15H2,1-2H3,(H,21,26). The average molecular weight is 372 g/mol. The Hall–Kier alpha value is -2.47. The average Bonchev–Trinajstić information content (AvgIpc) is 2.70. The van der Waals surface area contributed by atoms with Gasteiger partial charge in [-0.25, -0.2) is 0 Å². The molecule has 0 bridgehead atoms. The summed E-state index contributed by atoms with van der Waals surface area (Å²) in [4.78, 5) is 4.58. The molecule has 5 nitrogen and oxygen atoms in total. The zero-order valence-corrected chi connectivity index (χ0v) is 16.1. The van der Waals surface area contributed by atoms with Gasteiger partial charge in [-0.2, -0.15) is 0 Å². The van der Waals surface area contributed by atoms with Gasteiger partial charge in [0.1, 0.15) is 11.5 Å². The number of anilines is 2. The maximum absolute atomic E-state index is 5.58. The third-order valence-corrected chi connectivity index (χ3v) is 4.78. The fourth-order valence-electron chi connectivity index (χ4n) is 2.96. The highest BCUT2D eigenvalue weighted by Crippen LogP contribution is 2.21. The van der Waals surface area contributed by atoms with Crippen molar-refractivity contribution in [2.45, 2.75) is 6.92 Å².